The van der Waals surface area contributed by atoms with Gasteiger partial charge >= 0.3 is 0 Å². The third-order valence-electron chi connectivity index (χ3n) is 7.13. The molecule has 3 aromatic rings. The first-order valence-electron chi connectivity index (χ1n) is 12.7. The van der Waals surface area contributed by atoms with Crippen molar-refractivity contribution in [2.45, 2.75) is 32.4 Å². The van der Waals surface area contributed by atoms with E-state index in [1.807, 2.05) is 47.1 Å². The van der Waals surface area contributed by atoms with E-state index in [-0.39, 0.29) is 24.5 Å². The normalized spacial score (nSPS) is 18.1. The molecule has 3 heterocycles. The summed E-state index contributed by atoms with van der Waals surface area (Å²) in [5.74, 6) is 1.74. The maximum atomic E-state index is 12.8. The average molecular weight is 488 g/mol. The van der Waals surface area contributed by atoms with E-state index in [4.69, 9.17) is 9.15 Å². The number of ether oxygens (including phenoxy) is 1. The fraction of sp³-hybridized carbons (Fsp3) is 0.379. The maximum Gasteiger partial charge on any atom is 0.289 e. The van der Waals surface area contributed by atoms with Crippen LogP contribution in [0.2, 0.25) is 0 Å². The largest absolute Gasteiger partial charge is 0.486 e. The topological polar surface area (TPSA) is 66.2 Å². The van der Waals surface area contributed by atoms with E-state index in [0.29, 0.717) is 43.3 Å². The Balaban J connectivity index is 1.32. The molecule has 188 valence electrons. The van der Waals surface area contributed by atoms with Crippen molar-refractivity contribution in [3.63, 3.8) is 0 Å². The zero-order chi connectivity index (χ0) is 25.1. The number of likely N-dealkylation sites (N-methyl/N-ethyl adjacent to an activating group) is 1. The minimum absolute atomic E-state index is 0.0745. The van der Waals surface area contributed by atoms with Gasteiger partial charge in [0, 0.05) is 39.1 Å². The van der Waals surface area contributed by atoms with Crippen LogP contribution in [0, 0.1) is 0 Å². The van der Waals surface area contributed by atoms with Gasteiger partial charge in [0.1, 0.15) is 18.1 Å². The molecule has 36 heavy (non-hydrogen) atoms. The van der Waals surface area contributed by atoms with Crippen LogP contribution in [-0.2, 0) is 17.8 Å². The molecule has 7 heteroatoms. The number of amides is 2. The number of hydrogen-bond acceptors (Lipinski definition) is 5. The first-order valence-corrected chi connectivity index (χ1v) is 12.7. The lowest BCUT2D eigenvalue weighted by atomic mass is 9.87. The van der Waals surface area contributed by atoms with Crippen LogP contribution in [0.25, 0.3) is 0 Å². The van der Waals surface area contributed by atoms with Crippen LogP contribution < -0.4 is 4.74 Å². The van der Waals surface area contributed by atoms with E-state index in [2.05, 4.69) is 30.1 Å². The minimum atomic E-state index is -0.137. The summed E-state index contributed by atoms with van der Waals surface area (Å²) in [6.07, 6.45) is 1.29. The second kappa shape index (κ2) is 10.6. The van der Waals surface area contributed by atoms with Crippen molar-refractivity contribution in [2.24, 2.45) is 0 Å². The smallest absolute Gasteiger partial charge is 0.289 e. The molecule has 2 amide bonds. The quantitative estimate of drug-likeness (QED) is 0.523. The summed E-state index contributed by atoms with van der Waals surface area (Å²) in [7, 11) is 2.06. The number of hydrogen-bond donors (Lipinski definition) is 0. The standard InChI is InChI=1S/C29H33N3O4/c1-3-27(33)32-14-13-21-9-10-23(19-25(21)28(32)22-7-5-4-6-8-22)35-20-24-11-12-26(36-24)29(34)31-17-15-30(2)16-18-31/h4-12,19,28H,3,13-18,20H2,1-2H3. The lowest BCUT2D eigenvalue weighted by molar-refractivity contribution is -0.132. The highest BCUT2D eigenvalue weighted by molar-refractivity contribution is 5.91. The van der Waals surface area contributed by atoms with Crippen molar-refractivity contribution in [3.8, 4) is 5.75 Å². The van der Waals surface area contributed by atoms with Crippen LogP contribution in [0.3, 0.4) is 0 Å². The van der Waals surface area contributed by atoms with Crippen LogP contribution in [0.1, 0.15) is 52.4 Å². The first kappa shape index (κ1) is 24.1. The molecule has 7 nitrogen and oxygen atoms in total. The van der Waals surface area contributed by atoms with E-state index >= 15 is 0 Å². The van der Waals surface area contributed by atoms with Gasteiger partial charge < -0.3 is 23.9 Å². The van der Waals surface area contributed by atoms with Crippen LogP contribution in [0.4, 0.5) is 0 Å². The molecule has 2 aliphatic rings. The third kappa shape index (κ3) is 5.02. The Morgan fingerprint density at radius 2 is 1.75 bits per heavy atom. The number of nitrogens with zero attached hydrogens (tertiary/aromatic N) is 3. The van der Waals surface area contributed by atoms with E-state index in [9.17, 15) is 9.59 Å². The second-order valence-corrected chi connectivity index (χ2v) is 9.51. The molecular weight excluding hydrogens is 454 g/mol. The van der Waals surface area contributed by atoms with Gasteiger partial charge in [-0.05, 0) is 54.4 Å². The van der Waals surface area contributed by atoms with E-state index in [1.54, 1.807) is 12.1 Å². The number of carbonyl (C=O) groups is 2. The SMILES string of the molecule is CCC(=O)N1CCc2ccc(OCc3ccc(C(=O)N4CCN(C)CC4)o3)cc2C1c1ccccc1. The highest BCUT2D eigenvalue weighted by atomic mass is 16.5. The molecule has 0 N–H and O–H groups in total. The van der Waals surface area contributed by atoms with Crippen LogP contribution in [0.5, 0.6) is 5.75 Å². The number of furan rings is 1. The maximum absolute atomic E-state index is 12.8. The fourth-order valence-corrected chi connectivity index (χ4v) is 5.04. The van der Waals surface area contributed by atoms with E-state index in [1.165, 1.54) is 5.56 Å². The van der Waals surface area contributed by atoms with Crippen molar-refractivity contribution >= 4 is 11.8 Å². The second-order valence-electron chi connectivity index (χ2n) is 9.51. The van der Waals surface area contributed by atoms with Crippen LogP contribution in [-0.4, -0.2) is 66.3 Å². The number of fused-ring (bicyclic) bond motifs is 1. The van der Waals surface area contributed by atoms with Gasteiger partial charge in [0.25, 0.3) is 5.91 Å². The van der Waals surface area contributed by atoms with Crippen LogP contribution >= 0.6 is 0 Å². The summed E-state index contributed by atoms with van der Waals surface area (Å²) in [6.45, 7) is 5.98. The monoisotopic (exact) mass is 487 g/mol. The fourth-order valence-electron chi connectivity index (χ4n) is 5.04. The minimum Gasteiger partial charge on any atom is -0.486 e. The van der Waals surface area contributed by atoms with Gasteiger partial charge in [-0.1, -0.05) is 43.3 Å². The Morgan fingerprint density at radius 1 is 0.972 bits per heavy atom. The average Bonchev–Trinajstić information content (AvgIpc) is 3.40. The molecule has 1 atom stereocenters. The van der Waals surface area contributed by atoms with Crippen molar-refractivity contribution in [3.05, 3.63) is 88.9 Å². The molecule has 0 saturated carbocycles. The van der Waals surface area contributed by atoms with Gasteiger partial charge in [0.05, 0.1) is 6.04 Å². The Hall–Kier alpha value is -3.58. The predicted octanol–water partition coefficient (Wildman–Crippen LogP) is 4.13. The molecular formula is C29H33N3O4. The molecule has 1 saturated heterocycles. The summed E-state index contributed by atoms with van der Waals surface area (Å²) >= 11 is 0. The first-order chi connectivity index (χ1) is 17.5. The van der Waals surface area contributed by atoms with Crippen molar-refractivity contribution in [1.29, 1.82) is 0 Å². The van der Waals surface area contributed by atoms with Crippen LogP contribution in [0.15, 0.2) is 65.1 Å². The molecule has 0 bridgehead atoms. The Morgan fingerprint density at radius 3 is 2.50 bits per heavy atom. The lowest BCUT2D eigenvalue weighted by Crippen LogP contribution is -2.47. The molecule has 2 aromatic carbocycles. The Labute approximate surface area is 212 Å². The number of rotatable bonds is 6. The number of benzene rings is 2. The zero-order valence-corrected chi connectivity index (χ0v) is 21.0. The molecule has 2 aliphatic heterocycles. The van der Waals surface area contributed by atoms with E-state index < -0.39 is 0 Å². The highest BCUT2D eigenvalue weighted by Crippen LogP contribution is 2.37. The molecule has 1 aromatic heterocycles. The van der Waals surface area contributed by atoms with E-state index in [0.717, 1.165) is 30.6 Å². The van der Waals surface area contributed by atoms with Gasteiger partial charge in [0.2, 0.25) is 5.91 Å². The van der Waals surface area contributed by atoms with Crippen molar-refractivity contribution in [2.75, 3.05) is 39.8 Å². The molecule has 0 spiro atoms. The van der Waals surface area contributed by atoms with Gasteiger partial charge in [-0.2, -0.15) is 0 Å². The Bertz CT molecular complexity index is 1210. The summed E-state index contributed by atoms with van der Waals surface area (Å²) in [6, 6.07) is 19.7. The van der Waals surface area contributed by atoms with Crippen molar-refractivity contribution < 1.29 is 18.7 Å². The Kier molecular flexibility index (Phi) is 7.09. The third-order valence-corrected chi connectivity index (χ3v) is 7.13. The lowest BCUT2D eigenvalue weighted by Gasteiger charge is -2.38. The summed E-state index contributed by atoms with van der Waals surface area (Å²) in [5.41, 5.74) is 3.42. The molecule has 0 aliphatic carbocycles. The number of carbonyl (C=O) groups excluding carboxylic acids is 2. The summed E-state index contributed by atoms with van der Waals surface area (Å²) in [5, 5.41) is 0. The molecule has 1 unspecified atom stereocenters. The highest BCUT2D eigenvalue weighted by Gasteiger charge is 2.31. The van der Waals surface area contributed by atoms with Gasteiger partial charge in [-0.15, -0.1) is 0 Å². The summed E-state index contributed by atoms with van der Waals surface area (Å²) < 4.78 is 11.9. The van der Waals surface area contributed by atoms with Gasteiger partial charge in [-0.3, -0.25) is 9.59 Å². The predicted molar refractivity (Wildman–Crippen MR) is 137 cm³/mol. The van der Waals surface area contributed by atoms with Crippen molar-refractivity contribution in [1.82, 2.24) is 14.7 Å². The zero-order valence-electron chi connectivity index (χ0n) is 21.0. The molecule has 5 rings (SSSR count). The molecule has 0 radical (unpaired) electrons. The van der Waals surface area contributed by atoms with Gasteiger partial charge in [0.15, 0.2) is 5.76 Å². The summed E-state index contributed by atoms with van der Waals surface area (Å²) in [4.78, 5) is 31.6. The molecule has 1 fully saturated rings. The number of piperazine rings is 1. The van der Waals surface area contributed by atoms with Gasteiger partial charge in [-0.25, -0.2) is 0 Å².